The second-order valence-corrected chi connectivity index (χ2v) is 9.93. The van der Waals surface area contributed by atoms with Crippen molar-refractivity contribution in [3.63, 3.8) is 0 Å². The number of aliphatic carboxylic acids is 1. The molecule has 3 rings (SSSR count). The molecule has 8 heteroatoms. The number of carbonyl (C=O) groups excluding carboxylic acids is 2. The van der Waals surface area contributed by atoms with Gasteiger partial charge in [-0.15, -0.1) is 0 Å². The number of carbonyl (C=O) groups is 3. The maximum atomic E-state index is 13.0. The van der Waals surface area contributed by atoms with Gasteiger partial charge in [-0.3, -0.25) is 9.69 Å². The Morgan fingerprint density at radius 1 is 1.00 bits per heavy atom. The Kier molecular flexibility index (Phi) is 8.40. The van der Waals surface area contributed by atoms with Gasteiger partial charge in [0.1, 0.15) is 6.61 Å². The molecule has 2 aromatic rings. The van der Waals surface area contributed by atoms with Gasteiger partial charge in [0.15, 0.2) is 6.10 Å². The zero-order chi connectivity index (χ0) is 26.6. The highest BCUT2D eigenvalue weighted by Crippen LogP contribution is 2.40. The number of ether oxygens (including phenoxy) is 3. The van der Waals surface area contributed by atoms with Crippen LogP contribution >= 0.6 is 0 Å². The molecule has 0 bridgehead atoms. The Morgan fingerprint density at radius 2 is 1.61 bits per heavy atom. The first-order valence-corrected chi connectivity index (χ1v) is 12.1. The molecule has 0 spiro atoms. The standard InChI is InChI=1S/C28H35NO7/c1-7-34-26(32)25(36-28(4,5)6)24-18(3)22-15-29(14-21(22)17(2)20(24)13-23(30)31)27(33)35-16-19-11-9-8-10-12-19/h8-12,25H,7,13-16H2,1-6H3,(H,30,31). The van der Waals surface area contributed by atoms with E-state index in [1.165, 1.54) is 0 Å². The maximum Gasteiger partial charge on any atom is 0.410 e. The van der Waals surface area contributed by atoms with E-state index in [1.807, 2.05) is 65.0 Å². The molecule has 0 saturated heterocycles. The molecule has 1 aliphatic heterocycles. The van der Waals surface area contributed by atoms with Crippen molar-refractivity contribution in [2.75, 3.05) is 6.61 Å². The first-order valence-electron chi connectivity index (χ1n) is 12.1. The zero-order valence-electron chi connectivity index (χ0n) is 21.8. The number of rotatable bonds is 8. The van der Waals surface area contributed by atoms with Crippen LogP contribution < -0.4 is 0 Å². The number of nitrogens with zero attached hydrogens (tertiary/aromatic N) is 1. The number of esters is 1. The monoisotopic (exact) mass is 497 g/mol. The third-order valence-electron chi connectivity index (χ3n) is 6.17. The van der Waals surface area contributed by atoms with Crippen LogP contribution in [0.3, 0.4) is 0 Å². The molecule has 1 amide bonds. The van der Waals surface area contributed by atoms with Crippen LogP contribution in [-0.2, 0) is 49.9 Å². The SMILES string of the molecule is CCOC(=O)C(OC(C)(C)C)c1c(C)c2c(c(C)c1CC(=O)O)CN(C(=O)OCc1ccccc1)C2. The second kappa shape index (κ2) is 11.1. The van der Waals surface area contributed by atoms with Gasteiger partial charge in [-0.2, -0.15) is 0 Å². The third kappa shape index (κ3) is 6.23. The maximum absolute atomic E-state index is 13.0. The molecular formula is C28H35NO7. The van der Waals surface area contributed by atoms with E-state index in [2.05, 4.69) is 0 Å². The van der Waals surface area contributed by atoms with Crippen LogP contribution in [0.4, 0.5) is 4.79 Å². The fourth-order valence-electron chi connectivity index (χ4n) is 4.56. The van der Waals surface area contributed by atoms with Crippen molar-refractivity contribution in [2.24, 2.45) is 0 Å². The van der Waals surface area contributed by atoms with Crippen molar-refractivity contribution >= 4 is 18.0 Å². The van der Waals surface area contributed by atoms with Crippen LogP contribution in [0.2, 0.25) is 0 Å². The highest BCUT2D eigenvalue weighted by Gasteiger charge is 2.37. The number of hydrogen-bond acceptors (Lipinski definition) is 6. The van der Waals surface area contributed by atoms with Crippen LogP contribution in [0, 0.1) is 13.8 Å². The van der Waals surface area contributed by atoms with Gasteiger partial charge in [-0.25, -0.2) is 9.59 Å². The van der Waals surface area contributed by atoms with Crippen molar-refractivity contribution in [1.82, 2.24) is 4.90 Å². The fraction of sp³-hybridized carbons (Fsp3) is 0.464. The Morgan fingerprint density at radius 3 is 2.17 bits per heavy atom. The summed E-state index contributed by atoms with van der Waals surface area (Å²) in [5, 5.41) is 9.69. The van der Waals surface area contributed by atoms with E-state index >= 15 is 0 Å². The third-order valence-corrected chi connectivity index (χ3v) is 6.17. The lowest BCUT2D eigenvalue weighted by atomic mass is 9.85. The molecule has 1 heterocycles. The van der Waals surface area contributed by atoms with Crippen molar-refractivity contribution in [1.29, 1.82) is 0 Å². The average molecular weight is 498 g/mol. The van der Waals surface area contributed by atoms with E-state index < -0.39 is 29.7 Å². The van der Waals surface area contributed by atoms with Gasteiger partial charge in [0.25, 0.3) is 0 Å². The van der Waals surface area contributed by atoms with E-state index in [9.17, 15) is 19.5 Å². The van der Waals surface area contributed by atoms with Crippen LogP contribution in [0.5, 0.6) is 0 Å². The molecule has 194 valence electrons. The van der Waals surface area contributed by atoms with Gasteiger partial charge in [-0.1, -0.05) is 30.3 Å². The number of hydrogen-bond donors (Lipinski definition) is 1. The molecule has 1 N–H and O–H groups in total. The van der Waals surface area contributed by atoms with Crippen molar-refractivity contribution < 1.29 is 33.7 Å². The fourth-order valence-corrected chi connectivity index (χ4v) is 4.56. The van der Waals surface area contributed by atoms with E-state index in [0.29, 0.717) is 24.2 Å². The Balaban J connectivity index is 2.01. The van der Waals surface area contributed by atoms with E-state index in [0.717, 1.165) is 27.8 Å². The van der Waals surface area contributed by atoms with Gasteiger partial charge in [0.05, 0.1) is 18.6 Å². The summed E-state index contributed by atoms with van der Waals surface area (Å²) >= 11 is 0. The van der Waals surface area contributed by atoms with Gasteiger partial charge in [-0.05, 0) is 80.5 Å². The topological polar surface area (TPSA) is 102 Å². The largest absolute Gasteiger partial charge is 0.481 e. The minimum atomic E-state index is -1.10. The van der Waals surface area contributed by atoms with Crippen LogP contribution in [0.15, 0.2) is 30.3 Å². The smallest absolute Gasteiger partial charge is 0.410 e. The molecule has 1 unspecified atom stereocenters. The summed E-state index contributed by atoms with van der Waals surface area (Å²) in [5.74, 6) is -1.59. The second-order valence-electron chi connectivity index (χ2n) is 9.93. The van der Waals surface area contributed by atoms with Crippen LogP contribution in [0.25, 0.3) is 0 Å². The van der Waals surface area contributed by atoms with Gasteiger partial charge >= 0.3 is 18.0 Å². The summed E-state index contributed by atoms with van der Waals surface area (Å²) in [7, 11) is 0. The predicted octanol–water partition coefficient (Wildman–Crippen LogP) is 5.00. The lowest BCUT2D eigenvalue weighted by Gasteiger charge is -2.30. The molecule has 8 nitrogen and oxygen atoms in total. The van der Waals surface area contributed by atoms with E-state index in [4.69, 9.17) is 14.2 Å². The number of carboxylic acids is 1. The average Bonchev–Trinajstić information content (AvgIpc) is 3.26. The summed E-state index contributed by atoms with van der Waals surface area (Å²) in [6.45, 7) is 11.8. The molecule has 2 aromatic carbocycles. The molecule has 36 heavy (non-hydrogen) atoms. The number of carboxylic acid groups (broad SMARTS) is 1. The summed E-state index contributed by atoms with van der Waals surface area (Å²) < 4.78 is 17.0. The highest BCUT2D eigenvalue weighted by molar-refractivity contribution is 5.81. The molecule has 1 atom stereocenters. The summed E-state index contributed by atoms with van der Waals surface area (Å²) in [5.41, 5.74) is 4.43. The first-order chi connectivity index (χ1) is 16.9. The van der Waals surface area contributed by atoms with Crippen molar-refractivity contribution in [2.45, 2.75) is 79.4 Å². The first kappa shape index (κ1) is 27.2. The molecule has 1 aliphatic rings. The summed E-state index contributed by atoms with van der Waals surface area (Å²) in [6.07, 6.45) is -1.83. The lowest BCUT2D eigenvalue weighted by molar-refractivity contribution is -0.167. The van der Waals surface area contributed by atoms with Gasteiger partial charge < -0.3 is 19.3 Å². The normalized spacial score (nSPS) is 13.8. The molecule has 0 saturated carbocycles. The summed E-state index contributed by atoms with van der Waals surface area (Å²) in [6, 6.07) is 9.43. The summed E-state index contributed by atoms with van der Waals surface area (Å²) in [4.78, 5) is 39.3. The van der Waals surface area contributed by atoms with Crippen LogP contribution in [-0.4, -0.2) is 40.2 Å². The van der Waals surface area contributed by atoms with Gasteiger partial charge in [0, 0.05) is 13.1 Å². The number of benzene rings is 2. The molecule has 0 aliphatic carbocycles. The highest BCUT2D eigenvalue weighted by atomic mass is 16.6. The minimum Gasteiger partial charge on any atom is -0.481 e. The Hall–Kier alpha value is -3.39. The Labute approximate surface area is 212 Å². The van der Waals surface area contributed by atoms with Crippen molar-refractivity contribution in [3.05, 3.63) is 69.3 Å². The number of fused-ring (bicyclic) bond motifs is 1. The molecule has 0 radical (unpaired) electrons. The predicted molar refractivity (Wildman–Crippen MR) is 133 cm³/mol. The van der Waals surface area contributed by atoms with Gasteiger partial charge in [0.2, 0.25) is 0 Å². The van der Waals surface area contributed by atoms with Crippen LogP contribution in [0.1, 0.15) is 72.7 Å². The lowest BCUT2D eigenvalue weighted by Crippen LogP contribution is -2.31. The number of amides is 1. The molecule has 0 fully saturated rings. The Bertz CT molecular complexity index is 1140. The minimum absolute atomic E-state index is 0.157. The molecular weight excluding hydrogens is 462 g/mol. The quantitative estimate of drug-likeness (QED) is 0.512. The van der Waals surface area contributed by atoms with E-state index in [-0.39, 0.29) is 19.6 Å². The molecule has 0 aromatic heterocycles. The van der Waals surface area contributed by atoms with E-state index in [1.54, 1.807) is 11.8 Å². The van der Waals surface area contributed by atoms with Crippen molar-refractivity contribution in [3.8, 4) is 0 Å². The zero-order valence-corrected chi connectivity index (χ0v) is 21.8.